The smallest absolute Gasteiger partial charge is 0.326 e. The number of nitrogens with zero attached hydrogens (tertiary/aromatic N) is 1. The minimum absolute atomic E-state index is 0.00536. The van der Waals surface area contributed by atoms with Gasteiger partial charge in [0.25, 0.3) is 0 Å². The minimum atomic E-state index is 0.00536. The lowest BCUT2D eigenvalue weighted by atomic mass is 10.0. The van der Waals surface area contributed by atoms with Crippen LogP contribution in [0.1, 0.15) is 18.4 Å². The molecule has 3 rings (SSSR count). The van der Waals surface area contributed by atoms with Gasteiger partial charge < -0.3 is 9.72 Å². The Labute approximate surface area is 106 Å². The molecule has 2 heterocycles. The first-order chi connectivity index (χ1) is 8.75. The number of benzene rings is 1. The molecule has 4 nitrogen and oxygen atoms in total. The highest BCUT2D eigenvalue weighted by Crippen LogP contribution is 2.20. The molecular weight excluding hydrogens is 228 g/mol. The number of aryl methyl sites for hydroxylation is 1. The van der Waals surface area contributed by atoms with Gasteiger partial charge in [-0.05, 0) is 37.3 Å². The van der Waals surface area contributed by atoms with E-state index < -0.39 is 0 Å². The van der Waals surface area contributed by atoms with Crippen molar-refractivity contribution in [2.45, 2.75) is 26.3 Å². The van der Waals surface area contributed by atoms with Crippen molar-refractivity contribution in [2.75, 3.05) is 13.2 Å². The quantitative estimate of drug-likeness (QED) is 0.881. The lowest BCUT2D eigenvalue weighted by Crippen LogP contribution is -2.25. The van der Waals surface area contributed by atoms with Crippen molar-refractivity contribution < 1.29 is 4.74 Å². The van der Waals surface area contributed by atoms with Gasteiger partial charge in [0, 0.05) is 19.8 Å². The molecule has 0 radical (unpaired) electrons. The van der Waals surface area contributed by atoms with E-state index in [2.05, 4.69) is 4.98 Å². The number of nitrogens with one attached hydrogen (secondary N) is 1. The van der Waals surface area contributed by atoms with Crippen molar-refractivity contribution in [3.8, 4) is 0 Å². The van der Waals surface area contributed by atoms with E-state index >= 15 is 0 Å². The fourth-order valence-corrected chi connectivity index (χ4v) is 2.69. The molecule has 0 bridgehead atoms. The van der Waals surface area contributed by atoms with Crippen molar-refractivity contribution in [1.29, 1.82) is 0 Å². The number of hydrogen-bond acceptors (Lipinski definition) is 2. The van der Waals surface area contributed by atoms with Gasteiger partial charge in [0.2, 0.25) is 0 Å². The van der Waals surface area contributed by atoms with Crippen molar-refractivity contribution in [3.05, 3.63) is 34.2 Å². The molecule has 1 N–H and O–H groups in total. The normalized spacial score (nSPS) is 17.4. The van der Waals surface area contributed by atoms with Gasteiger partial charge in [-0.2, -0.15) is 0 Å². The Balaban J connectivity index is 1.98. The third-order valence-corrected chi connectivity index (χ3v) is 3.80. The zero-order chi connectivity index (χ0) is 12.5. The standard InChI is InChI=1S/C14H18N2O2/c1-10-3-2-4-12-13(10)15-14(17)16(12)9-11-5-7-18-8-6-11/h2-4,11H,5-9H2,1H3,(H,15,17). The Morgan fingerprint density at radius 3 is 2.94 bits per heavy atom. The average molecular weight is 246 g/mol. The van der Waals surface area contributed by atoms with E-state index in [0.29, 0.717) is 5.92 Å². The number of ether oxygens (including phenoxy) is 1. The second-order valence-electron chi connectivity index (χ2n) is 5.07. The van der Waals surface area contributed by atoms with Crippen molar-refractivity contribution in [1.82, 2.24) is 9.55 Å². The predicted molar refractivity (Wildman–Crippen MR) is 70.8 cm³/mol. The van der Waals surface area contributed by atoms with E-state index in [1.807, 2.05) is 29.7 Å². The van der Waals surface area contributed by atoms with Gasteiger partial charge in [-0.1, -0.05) is 12.1 Å². The molecule has 96 valence electrons. The van der Waals surface area contributed by atoms with Gasteiger partial charge in [-0.15, -0.1) is 0 Å². The fourth-order valence-electron chi connectivity index (χ4n) is 2.69. The fraction of sp³-hybridized carbons (Fsp3) is 0.500. The van der Waals surface area contributed by atoms with Crippen LogP contribution in [0, 0.1) is 12.8 Å². The van der Waals surface area contributed by atoms with Crippen LogP contribution in [-0.2, 0) is 11.3 Å². The molecule has 0 unspecified atom stereocenters. The summed E-state index contributed by atoms with van der Waals surface area (Å²) in [6.45, 7) is 4.46. The molecule has 1 aliphatic rings. The predicted octanol–water partition coefficient (Wildman–Crippen LogP) is 2.06. The molecule has 1 aromatic heterocycles. The van der Waals surface area contributed by atoms with Crippen LogP contribution in [0.4, 0.5) is 0 Å². The first-order valence-electron chi connectivity index (χ1n) is 6.51. The zero-order valence-electron chi connectivity index (χ0n) is 10.6. The second-order valence-corrected chi connectivity index (χ2v) is 5.07. The summed E-state index contributed by atoms with van der Waals surface area (Å²) in [5, 5.41) is 0. The Kier molecular flexibility index (Phi) is 2.96. The van der Waals surface area contributed by atoms with Gasteiger partial charge in [-0.3, -0.25) is 4.57 Å². The Morgan fingerprint density at radius 1 is 1.39 bits per heavy atom. The summed E-state index contributed by atoms with van der Waals surface area (Å²) in [5.41, 5.74) is 3.11. The second kappa shape index (κ2) is 4.61. The SMILES string of the molecule is Cc1cccc2c1[nH]c(=O)n2CC1CCOCC1. The highest BCUT2D eigenvalue weighted by molar-refractivity contribution is 5.78. The summed E-state index contributed by atoms with van der Waals surface area (Å²) >= 11 is 0. The molecule has 0 amide bonds. The molecular formula is C14H18N2O2. The maximum Gasteiger partial charge on any atom is 0.326 e. The lowest BCUT2D eigenvalue weighted by Gasteiger charge is -2.22. The van der Waals surface area contributed by atoms with E-state index in [9.17, 15) is 4.79 Å². The number of aromatic nitrogens is 2. The van der Waals surface area contributed by atoms with Gasteiger partial charge in [0.05, 0.1) is 11.0 Å². The molecule has 2 aromatic rings. The molecule has 1 fully saturated rings. The monoisotopic (exact) mass is 246 g/mol. The molecule has 1 aliphatic heterocycles. The Hall–Kier alpha value is -1.55. The first-order valence-corrected chi connectivity index (χ1v) is 6.51. The molecule has 4 heteroatoms. The molecule has 1 saturated heterocycles. The molecule has 0 atom stereocenters. The van der Waals surface area contributed by atoms with Gasteiger partial charge in [0.15, 0.2) is 0 Å². The average Bonchev–Trinajstić information content (AvgIpc) is 2.70. The number of imidazole rings is 1. The van der Waals surface area contributed by atoms with Gasteiger partial charge >= 0.3 is 5.69 Å². The maximum absolute atomic E-state index is 12.0. The van der Waals surface area contributed by atoms with Gasteiger partial charge in [0.1, 0.15) is 0 Å². The van der Waals surface area contributed by atoms with E-state index in [1.54, 1.807) is 0 Å². The number of H-pyrrole nitrogens is 1. The zero-order valence-corrected chi connectivity index (χ0v) is 10.6. The van der Waals surface area contributed by atoms with Crippen LogP contribution in [0.15, 0.2) is 23.0 Å². The Bertz CT molecular complexity index is 606. The summed E-state index contributed by atoms with van der Waals surface area (Å²) in [5.74, 6) is 0.552. The highest BCUT2D eigenvalue weighted by Gasteiger charge is 2.17. The summed E-state index contributed by atoms with van der Waals surface area (Å²) in [7, 11) is 0. The van der Waals surface area contributed by atoms with Crippen LogP contribution in [0.5, 0.6) is 0 Å². The number of aromatic amines is 1. The summed E-state index contributed by atoms with van der Waals surface area (Å²) in [6, 6.07) is 6.04. The number of hydrogen-bond donors (Lipinski definition) is 1. The molecule has 0 aliphatic carbocycles. The van der Waals surface area contributed by atoms with Crippen LogP contribution >= 0.6 is 0 Å². The lowest BCUT2D eigenvalue weighted by molar-refractivity contribution is 0.0613. The van der Waals surface area contributed by atoms with Crippen LogP contribution in [-0.4, -0.2) is 22.8 Å². The third-order valence-electron chi connectivity index (χ3n) is 3.80. The third kappa shape index (κ3) is 1.97. The summed E-state index contributed by atoms with van der Waals surface area (Å²) in [6.07, 6.45) is 2.09. The van der Waals surface area contributed by atoms with Crippen LogP contribution in [0.2, 0.25) is 0 Å². The minimum Gasteiger partial charge on any atom is -0.381 e. The van der Waals surface area contributed by atoms with Crippen molar-refractivity contribution in [3.63, 3.8) is 0 Å². The topological polar surface area (TPSA) is 47.0 Å². The maximum atomic E-state index is 12.0. The number of fused-ring (bicyclic) bond motifs is 1. The number of rotatable bonds is 2. The van der Waals surface area contributed by atoms with E-state index in [1.165, 1.54) is 0 Å². The summed E-state index contributed by atoms with van der Waals surface area (Å²) in [4.78, 5) is 15.0. The van der Waals surface area contributed by atoms with E-state index in [0.717, 1.165) is 49.2 Å². The van der Waals surface area contributed by atoms with Gasteiger partial charge in [-0.25, -0.2) is 4.79 Å². The molecule has 18 heavy (non-hydrogen) atoms. The van der Waals surface area contributed by atoms with Crippen molar-refractivity contribution in [2.24, 2.45) is 5.92 Å². The first kappa shape index (κ1) is 11.5. The molecule has 0 spiro atoms. The van der Waals surface area contributed by atoms with Crippen molar-refractivity contribution >= 4 is 11.0 Å². The number of para-hydroxylation sites is 1. The van der Waals surface area contributed by atoms with E-state index in [-0.39, 0.29) is 5.69 Å². The largest absolute Gasteiger partial charge is 0.381 e. The molecule has 1 aromatic carbocycles. The van der Waals surface area contributed by atoms with Crippen LogP contribution in [0.3, 0.4) is 0 Å². The highest BCUT2D eigenvalue weighted by atomic mass is 16.5. The summed E-state index contributed by atoms with van der Waals surface area (Å²) < 4.78 is 7.23. The Morgan fingerprint density at radius 2 is 2.17 bits per heavy atom. The van der Waals surface area contributed by atoms with Crippen LogP contribution in [0.25, 0.3) is 11.0 Å². The van der Waals surface area contributed by atoms with E-state index in [4.69, 9.17) is 4.74 Å². The molecule has 0 saturated carbocycles. The van der Waals surface area contributed by atoms with Crippen LogP contribution < -0.4 is 5.69 Å².